The van der Waals surface area contributed by atoms with Crippen molar-refractivity contribution in [2.75, 3.05) is 11.8 Å². The largest absolute Gasteiger partial charge is 0.495 e. The molecule has 0 spiro atoms. The van der Waals surface area contributed by atoms with E-state index in [9.17, 15) is 8.42 Å². The van der Waals surface area contributed by atoms with E-state index in [1.807, 2.05) is 32.0 Å². The van der Waals surface area contributed by atoms with E-state index in [0.717, 1.165) is 17.5 Å². The third-order valence-electron chi connectivity index (χ3n) is 3.41. The minimum atomic E-state index is -3.71. The number of rotatable bonds is 5. The molecule has 0 aliphatic heterocycles. The number of aryl methyl sites for hydroxylation is 2. The van der Waals surface area contributed by atoms with Crippen LogP contribution in [0.2, 0.25) is 5.02 Å². The molecule has 0 bridgehead atoms. The molecule has 0 saturated heterocycles. The summed E-state index contributed by atoms with van der Waals surface area (Å²) in [6.07, 6.45) is 0.739. The number of hydrogen-bond donors (Lipinski definition) is 1. The number of halogens is 1. The van der Waals surface area contributed by atoms with Gasteiger partial charge in [-0.05, 0) is 42.7 Å². The van der Waals surface area contributed by atoms with Crippen LogP contribution in [-0.4, -0.2) is 15.5 Å². The van der Waals surface area contributed by atoms with Gasteiger partial charge in [-0.15, -0.1) is 0 Å². The third kappa shape index (κ3) is 3.36. The Morgan fingerprint density at radius 2 is 1.95 bits per heavy atom. The van der Waals surface area contributed by atoms with E-state index in [0.29, 0.717) is 11.4 Å². The Morgan fingerprint density at radius 1 is 1.23 bits per heavy atom. The van der Waals surface area contributed by atoms with Gasteiger partial charge in [-0.25, -0.2) is 8.42 Å². The van der Waals surface area contributed by atoms with Crippen LogP contribution in [0.15, 0.2) is 41.3 Å². The molecule has 0 unspecified atom stereocenters. The van der Waals surface area contributed by atoms with E-state index < -0.39 is 10.0 Å². The van der Waals surface area contributed by atoms with Crippen LogP contribution >= 0.6 is 11.6 Å². The first-order valence-electron chi connectivity index (χ1n) is 6.84. The van der Waals surface area contributed by atoms with E-state index in [1.165, 1.54) is 25.3 Å². The van der Waals surface area contributed by atoms with Gasteiger partial charge in [0.2, 0.25) is 0 Å². The maximum absolute atomic E-state index is 12.6. The zero-order chi connectivity index (χ0) is 16.3. The second-order valence-electron chi connectivity index (χ2n) is 4.86. The molecule has 0 radical (unpaired) electrons. The van der Waals surface area contributed by atoms with E-state index in [-0.39, 0.29) is 9.92 Å². The lowest BCUT2D eigenvalue weighted by atomic mass is 10.1. The fourth-order valence-corrected chi connectivity index (χ4v) is 3.70. The Hall–Kier alpha value is -1.72. The summed E-state index contributed by atoms with van der Waals surface area (Å²) in [6, 6.07) is 10.1. The molecule has 6 heteroatoms. The van der Waals surface area contributed by atoms with Crippen LogP contribution in [-0.2, 0) is 16.4 Å². The second-order valence-corrected chi connectivity index (χ2v) is 6.95. The van der Waals surface area contributed by atoms with Crippen LogP contribution in [0.4, 0.5) is 5.69 Å². The Morgan fingerprint density at radius 3 is 2.55 bits per heavy atom. The molecule has 0 atom stereocenters. The molecular weight excluding hydrogens is 322 g/mol. The van der Waals surface area contributed by atoms with Gasteiger partial charge in [-0.3, -0.25) is 4.72 Å². The first-order valence-corrected chi connectivity index (χ1v) is 8.70. The van der Waals surface area contributed by atoms with Gasteiger partial charge in [0.1, 0.15) is 5.75 Å². The van der Waals surface area contributed by atoms with Crippen LogP contribution in [0.1, 0.15) is 18.1 Å². The highest BCUT2D eigenvalue weighted by Gasteiger charge is 2.18. The van der Waals surface area contributed by atoms with Crippen molar-refractivity contribution >= 4 is 27.3 Å². The molecule has 2 aromatic carbocycles. The molecule has 1 N–H and O–H groups in total. The van der Waals surface area contributed by atoms with Gasteiger partial charge >= 0.3 is 0 Å². The lowest BCUT2D eigenvalue weighted by molar-refractivity contribution is 0.414. The minimum Gasteiger partial charge on any atom is -0.495 e. The van der Waals surface area contributed by atoms with Crippen molar-refractivity contribution in [3.8, 4) is 5.75 Å². The summed E-state index contributed by atoms with van der Waals surface area (Å²) >= 11 is 6.01. The summed E-state index contributed by atoms with van der Waals surface area (Å²) < 4.78 is 32.8. The Balaban J connectivity index is 2.42. The average molecular weight is 340 g/mol. The first kappa shape index (κ1) is 16.6. The maximum Gasteiger partial charge on any atom is 0.261 e. The van der Waals surface area contributed by atoms with Crippen molar-refractivity contribution in [3.05, 3.63) is 52.5 Å². The number of hydrogen-bond acceptors (Lipinski definition) is 3. The van der Waals surface area contributed by atoms with Crippen LogP contribution in [0, 0.1) is 6.92 Å². The standard InChI is InChI=1S/C16H18ClNO3S/c1-4-12-7-5-6-11(2)16(12)18-22(19,20)13-8-9-15(21-3)14(17)10-13/h5-10,18H,4H2,1-3H3. The third-order valence-corrected chi connectivity index (χ3v) is 5.05. The van der Waals surface area contributed by atoms with Gasteiger partial charge in [0, 0.05) is 0 Å². The lowest BCUT2D eigenvalue weighted by Crippen LogP contribution is -2.15. The number of anilines is 1. The zero-order valence-electron chi connectivity index (χ0n) is 12.7. The predicted octanol–water partition coefficient (Wildman–Crippen LogP) is 4.02. The van der Waals surface area contributed by atoms with E-state index in [1.54, 1.807) is 0 Å². The quantitative estimate of drug-likeness (QED) is 0.895. The fraction of sp³-hybridized carbons (Fsp3) is 0.250. The molecule has 0 amide bonds. The molecular formula is C16H18ClNO3S. The van der Waals surface area contributed by atoms with E-state index in [4.69, 9.17) is 16.3 Å². The molecule has 22 heavy (non-hydrogen) atoms. The number of ether oxygens (including phenoxy) is 1. The van der Waals surface area contributed by atoms with E-state index in [2.05, 4.69) is 4.72 Å². The SMILES string of the molecule is CCc1cccc(C)c1NS(=O)(=O)c1ccc(OC)c(Cl)c1. The van der Waals surface area contributed by atoms with Crippen molar-refractivity contribution < 1.29 is 13.2 Å². The molecule has 2 rings (SSSR count). The van der Waals surface area contributed by atoms with Crippen molar-refractivity contribution in [3.63, 3.8) is 0 Å². The number of sulfonamides is 1. The van der Waals surface area contributed by atoms with Gasteiger partial charge < -0.3 is 4.74 Å². The summed E-state index contributed by atoms with van der Waals surface area (Å²) in [7, 11) is -2.23. The van der Waals surface area contributed by atoms with Gasteiger partial charge in [-0.2, -0.15) is 0 Å². The molecule has 0 aliphatic rings. The normalized spacial score (nSPS) is 11.3. The van der Waals surface area contributed by atoms with Crippen LogP contribution in [0.25, 0.3) is 0 Å². The van der Waals surface area contributed by atoms with Crippen molar-refractivity contribution in [1.82, 2.24) is 0 Å². The Kier molecular flexibility index (Phi) is 4.98. The van der Waals surface area contributed by atoms with Crippen molar-refractivity contribution in [2.45, 2.75) is 25.2 Å². The summed E-state index contributed by atoms with van der Waals surface area (Å²) in [6.45, 7) is 3.86. The molecule has 4 nitrogen and oxygen atoms in total. The van der Waals surface area contributed by atoms with E-state index >= 15 is 0 Å². The molecule has 118 valence electrons. The highest BCUT2D eigenvalue weighted by Crippen LogP contribution is 2.29. The zero-order valence-corrected chi connectivity index (χ0v) is 14.3. The number of benzene rings is 2. The smallest absolute Gasteiger partial charge is 0.261 e. The Labute approximate surface area is 136 Å². The molecule has 2 aromatic rings. The Bertz CT molecular complexity index is 788. The predicted molar refractivity (Wildman–Crippen MR) is 89.4 cm³/mol. The maximum atomic E-state index is 12.6. The molecule has 0 fully saturated rings. The highest BCUT2D eigenvalue weighted by atomic mass is 35.5. The summed E-state index contributed by atoms with van der Waals surface area (Å²) in [4.78, 5) is 0.101. The van der Waals surface area contributed by atoms with Gasteiger partial charge in [0.25, 0.3) is 10.0 Å². The fourth-order valence-electron chi connectivity index (χ4n) is 2.18. The second kappa shape index (κ2) is 6.58. The topological polar surface area (TPSA) is 55.4 Å². The molecule has 0 heterocycles. The average Bonchev–Trinajstić information content (AvgIpc) is 2.49. The number of para-hydroxylation sites is 1. The summed E-state index contributed by atoms with van der Waals surface area (Å²) in [5, 5.41) is 0.255. The summed E-state index contributed by atoms with van der Waals surface area (Å²) in [5.74, 6) is 0.436. The summed E-state index contributed by atoms with van der Waals surface area (Å²) in [5.41, 5.74) is 2.45. The highest BCUT2D eigenvalue weighted by molar-refractivity contribution is 7.92. The molecule has 0 aliphatic carbocycles. The van der Waals surface area contributed by atoms with Gasteiger partial charge in [0.15, 0.2) is 0 Å². The lowest BCUT2D eigenvalue weighted by Gasteiger charge is -2.15. The first-order chi connectivity index (χ1) is 10.4. The number of nitrogens with one attached hydrogen (secondary N) is 1. The monoisotopic (exact) mass is 339 g/mol. The van der Waals surface area contributed by atoms with Crippen molar-refractivity contribution in [2.24, 2.45) is 0 Å². The number of methoxy groups -OCH3 is 1. The molecule has 0 saturated carbocycles. The van der Waals surface area contributed by atoms with Crippen LogP contribution in [0.3, 0.4) is 0 Å². The minimum absolute atomic E-state index is 0.101. The van der Waals surface area contributed by atoms with Crippen LogP contribution < -0.4 is 9.46 Å². The van der Waals surface area contributed by atoms with Gasteiger partial charge in [0.05, 0.1) is 22.7 Å². The molecule has 0 aromatic heterocycles. The van der Waals surface area contributed by atoms with Crippen molar-refractivity contribution in [1.29, 1.82) is 0 Å². The van der Waals surface area contributed by atoms with Crippen LogP contribution in [0.5, 0.6) is 5.75 Å². The van der Waals surface area contributed by atoms with Gasteiger partial charge in [-0.1, -0.05) is 36.7 Å².